The Kier molecular flexibility index (Phi) is 5.37. The number of benzene rings is 2. The third kappa shape index (κ3) is 3.50. The summed E-state index contributed by atoms with van der Waals surface area (Å²) in [4.78, 5) is 11.0. The largest absolute Gasteiger partial charge is 0.308 e. The van der Waals surface area contributed by atoms with Crippen LogP contribution < -0.4 is 4.90 Å². The minimum absolute atomic E-state index is 0.981. The Hall–Kier alpha value is -3.20. The van der Waals surface area contributed by atoms with Gasteiger partial charge in [0.25, 0.3) is 0 Å². The molecule has 2 heterocycles. The number of aromatic nitrogens is 2. The lowest BCUT2D eigenvalue weighted by molar-refractivity contribution is 1.23. The molecule has 2 aromatic carbocycles. The molecule has 25 heavy (non-hydrogen) atoms. The van der Waals surface area contributed by atoms with E-state index in [0.29, 0.717) is 0 Å². The summed E-state index contributed by atoms with van der Waals surface area (Å²) < 4.78 is 0. The second-order valence-corrected chi connectivity index (χ2v) is 5.23. The summed E-state index contributed by atoms with van der Waals surface area (Å²) in [6, 6.07) is 24.6. The van der Waals surface area contributed by atoms with E-state index in [4.69, 9.17) is 0 Å². The van der Waals surface area contributed by atoms with Crippen LogP contribution in [-0.2, 0) is 0 Å². The molecule has 2 aromatic heterocycles. The fourth-order valence-electron chi connectivity index (χ4n) is 2.77. The molecule has 0 N–H and O–H groups in total. The Morgan fingerprint density at radius 3 is 2.20 bits per heavy atom. The van der Waals surface area contributed by atoms with Crippen LogP contribution in [-0.4, -0.2) is 9.97 Å². The molecule has 0 spiro atoms. The SMILES string of the molecule is CC.c1ccc(N(c2cccnc2)c2cccc3ncccc23)cc1. The van der Waals surface area contributed by atoms with Crippen molar-refractivity contribution in [2.75, 3.05) is 4.90 Å². The van der Waals surface area contributed by atoms with Crippen LogP contribution in [0.25, 0.3) is 10.9 Å². The molecule has 0 amide bonds. The van der Waals surface area contributed by atoms with E-state index in [9.17, 15) is 0 Å². The van der Waals surface area contributed by atoms with Gasteiger partial charge in [0.1, 0.15) is 0 Å². The van der Waals surface area contributed by atoms with Crippen LogP contribution in [0.1, 0.15) is 13.8 Å². The number of anilines is 3. The highest BCUT2D eigenvalue weighted by molar-refractivity contribution is 5.96. The average Bonchev–Trinajstić information content (AvgIpc) is 2.72. The Labute approximate surface area is 148 Å². The zero-order chi connectivity index (χ0) is 17.5. The molecule has 3 heteroatoms. The maximum absolute atomic E-state index is 4.47. The summed E-state index contributed by atoms with van der Waals surface area (Å²) in [6.07, 6.45) is 5.49. The third-order valence-corrected chi connectivity index (χ3v) is 3.78. The van der Waals surface area contributed by atoms with Gasteiger partial charge >= 0.3 is 0 Å². The van der Waals surface area contributed by atoms with Crippen LogP contribution in [0.4, 0.5) is 17.1 Å². The van der Waals surface area contributed by atoms with Crippen molar-refractivity contribution in [1.82, 2.24) is 9.97 Å². The molecule has 0 radical (unpaired) electrons. The average molecular weight is 327 g/mol. The molecule has 0 saturated carbocycles. The number of rotatable bonds is 3. The Bertz CT molecular complexity index is 876. The van der Waals surface area contributed by atoms with Crippen LogP contribution >= 0.6 is 0 Å². The minimum atomic E-state index is 0.981. The molecule has 0 atom stereocenters. The minimum Gasteiger partial charge on any atom is -0.308 e. The first kappa shape index (κ1) is 16.7. The first-order chi connectivity index (χ1) is 12.4. The normalized spacial score (nSPS) is 10.0. The monoisotopic (exact) mass is 327 g/mol. The second-order valence-electron chi connectivity index (χ2n) is 5.23. The van der Waals surface area contributed by atoms with Crippen molar-refractivity contribution in [1.29, 1.82) is 0 Å². The van der Waals surface area contributed by atoms with Crippen LogP contribution in [0.3, 0.4) is 0 Å². The van der Waals surface area contributed by atoms with E-state index < -0.39 is 0 Å². The third-order valence-electron chi connectivity index (χ3n) is 3.78. The molecule has 0 saturated heterocycles. The van der Waals surface area contributed by atoms with Gasteiger partial charge in [0.2, 0.25) is 0 Å². The van der Waals surface area contributed by atoms with E-state index >= 15 is 0 Å². The van der Waals surface area contributed by atoms with Gasteiger partial charge in [-0.1, -0.05) is 38.1 Å². The first-order valence-corrected chi connectivity index (χ1v) is 8.52. The van der Waals surface area contributed by atoms with Crippen molar-refractivity contribution in [2.24, 2.45) is 0 Å². The van der Waals surface area contributed by atoms with E-state index in [1.165, 1.54) is 0 Å². The highest BCUT2D eigenvalue weighted by atomic mass is 15.1. The number of nitrogens with zero attached hydrogens (tertiary/aromatic N) is 3. The van der Waals surface area contributed by atoms with Crippen molar-refractivity contribution in [2.45, 2.75) is 13.8 Å². The van der Waals surface area contributed by atoms with Crippen molar-refractivity contribution < 1.29 is 0 Å². The second kappa shape index (κ2) is 8.06. The van der Waals surface area contributed by atoms with Crippen LogP contribution in [0.2, 0.25) is 0 Å². The van der Waals surface area contributed by atoms with Crippen molar-refractivity contribution in [3.63, 3.8) is 0 Å². The van der Waals surface area contributed by atoms with Crippen molar-refractivity contribution >= 4 is 28.0 Å². The number of fused-ring (bicyclic) bond motifs is 1. The number of hydrogen-bond donors (Lipinski definition) is 0. The molecule has 0 aliphatic carbocycles. The summed E-state index contributed by atoms with van der Waals surface area (Å²) >= 11 is 0. The molecule has 3 nitrogen and oxygen atoms in total. The highest BCUT2D eigenvalue weighted by Gasteiger charge is 2.14. The van der Waals surface area contributed by atoms with Gasteiger partial charge in [-0.2, -0.15) is 0 Å². The predicted octanol–water partition coefficient (Wildman–Crippen LogP) is 6.13. The van der Waals surface area contributed by atoms with Gasteiger partial charge in [-0.3, -0.25) is 9.97 Å². The Morgan fingerprint density at radius 2 is 1.44 bits per heavy atom. The molecule has 4 rings (SSSR count). The lowest BCUT2D eigenvalue weighted by Gasteiger charge is -2.26. The Balaban J connectivity index is 0.000000880. The van der Waals surface area contributed by atoms with Gasteiger partial charge in [0, 0.05) is 23.5 Å². The smallest absolute Gasteiger partial charge is 0.0723 e. The van der Waals surface area contributed by atoms with Gasteiger partial charge in [0.05, 0.1) is 23.1 Å². The molecule has 0 aliphatic heterocycles. The molecule has 0 aliphatic rings. The van der Waals surface area contributed by atoms with E-state index in [1.54, 1.807) is 6.20 Å². The quantitative estimate of drug-likeness (QED) is 0.453. The first-order valence-electron chi connectivity index (χ1n) is 8.52. The lowest BCUT2D eigenvalue weighted by atomic mass is 10.1. The van der Waals surface area contributed by atoms with Gasteiger partial charge in [-0.15, -0.1) is 0 Å². The topological polar surface area (TPSA) is 29.0 Å². The summed E-state index contributed by atoms with van der Waals surface area (Å²) in [7, 11) is 0. The van der Waals surface area contributed by atoms with Gasteiger partial charge in [-0.05, 0) is 48.5 Å². The molecular weight excluding hydrogens is 306 g/mol. The fourth-order valence-corrected chi connectivity index (χ4v) is 2.77. The summed E-state index contributed by atoms with van der Waals surface area (Å²) in [5.74, 6) is 0. The predicted molar refractivity (Wildman–Crippen MR) is 106 cm³/mol. The van der Waals surface area contributed by atoms with E-state index in [-0.39, 0.29) is 0 Å². The molecule has 124 valence electrons. The van der Waals surface area contributed by atoms with E-state index in [1.807, 2.05) is 68.7 Å². The van der Waals surface area contributed by atoms with Gasteiger partial charge in [-0.25, -0.2) is 0 Å². The van der Waals surface area contributed by atoms with Crippen molar-refractivity contribution in [3.05, 3.63) is 91.4 Å². The Morgan fingerprint density at radius 1 is 0.680 bits per heavy atom. The zero-order valence-electron chi connectivity index (χ0n) is 14.5. The zero-order valence-corrected chi connectivity index (χ0v) is 14.5. The van der Waals surface area contributed by atoms with Gasteiger partial charge in [0.15, 0.2) is 0 Å². The summed E-state index contributed by atoms with van der Waals surface area (Å²) in [5.41, 5.74) is 4.19. The van der Waals surface area contributed by atoms with Crippen molar-refractivity contribution in [3.8, 4) is 0 Å². The molecule has 0 unspecified atom stereocenters. The van der Waals surface area contributed by atoms with Crippen LogP contribution in [0.5, 0.6) is 0 Å². The maximum Gasteiger partial charge on any atom is 0.0723 e. The number of hydrogen-bond acceptors (Lipinski definition) is 3. The number of para-hydroxylation sites is 1. The van der Waals surface area contributed by atoms with E-state index in [0.717, 1.165) is 28.0 Å². The molecule has 0 bridgehead atoms. The summed E-state index contributed by atoms with van der Waals surface area (Å²) in [5, 5.41) is 1.11. The van der Waals surface area contributed by atoms with Crippen LogP contribution in [0, 0.1) is 0 Å². The van der Waals surface area contributed by atoms with E-state index in [2.05, 4.69) is 45.2 Å². The lowest BCUT2D eigenvalue weighted by Crippen LogP contribution is -2.10. The molecular formula is C22H21N3. The standard InChI is InChI=1S/C20H15N3.C2H6/c1-2-7-16(8-3-1)23(17-9-5-13-21-15-17)20-12-4-11-19-18(20)10-6-14-22-19;1-2/h1-15H;1-2H3. The van der Waals surface area contributed by atoms with Crippen LogP contribution in [0.15, 0.2) is 91.4 Å². The molecule has 0 fully saturated rings. The fraction of sp³-hybridized carbons (Fsp3) is 0.0909. The molecule has 4 aromatic rings. The maximum atomic E-state index is 4.47. The highest BCUT2D eigenvalue weighted by Crippen LogP contribution is 2.37. The van der Waals surface area contributed by atoms with Gasteiger partial charge < -0.3 is 4.90 Å². The summed E-state index contributed by atoms with van der Waals surface area (Å²) in [6.45, 7) is 4.00. The number of pyridine rings is 2.